The molecular weight excluding hydrogens is 366 g/mol. The Balaban J connectivity index is 1.42. The molecule has 0 radical (unpaired) electrons. The van der Waals surface area contributed by atoms with Crippen molar-refractivity contribution in [3.05, 3.63) is 83.0 Å². The van der Waals surface area contributed by atoms with Gasteiger partial charge in [-0.15, -0.1) is 0 Å². The first-order valence-corrected chi connectivity index (χ1v) is 9.51. The van der Waals surface area contributed by atoms with Crippen molar-refractivity contribution in [3.63, 3.8) is 0 Å². The van der Waals surface area contributed by atoms with Crippen LogP contribution in [0, 0.1) is 0 Å². The molecule has 0 saturated carbocycles. The molecule has 29 heavy (non-hydrogen) atoms. The van der Waals surface area contributed by atoms with Crippen LogP contribution < -0.4 is 15.2 Å². The van der Waals surface area contributed by atoms with E-state index in [1.54, 1.807) is 19.2 Å². The maximum atomic E-state index is 11.1. The Morgan fingerprint density at radius 3 is 2.76 bits per heavy atom. The molecule has 2 aromatic carbocycles. The fraction of sp³-hybridized carbons (Fsp3) is 0.217. The fourth-order valence-corrected chi connectivity index (χ4v) is 3.52. The summed E-state index contributed by atoms with van der Waals surface area (Å²) in [7, 11) is 1.69. The molecule has 0 spiro atoms. The molecular formula is C23H23N3O3. The number of nitrogens with two attached hydrogens (primary N) is 1. The van der Waals surface area contributed by atoms with Gasteiger partial charge in [-0.2, -0.15) is 0 Å². The predicted molar refractivity (Wildman–Crippen MR) is 110 cm³/mol. The molecule has 0 aliphatic carbocycles. The molecule has 0 bridgehead atoms. The number of pyridine rings is 1. The molecule has 1 aliphatic rings. The summed E-state index contributed by atoms with van der Waals surface area (Å²) in [5.74, 6) is 1.56. The molecule has 148 valence electrons. The van der Waals surface area contributed by atoms with Crippen LogP contribution in [-0.2, 0) is 19.5 Å². The molecule has 2 N–H and O–H groups in total. The molecule has 0 fully saturated rings. The van der Waals surface area contributed by atoms with Gasteiger partial charge in [-0.3, -0.25) is 9.69 Å². The van der Waals surface area contributed by atoms with E-state index >= 15 is 0 Å². The van der Waals surface area contributed by atoms with Gasteiger partial charge in [0.05, 0.1) is 12.7 Å². The normalized spacial score (nSPS) is 13.6. The average Bonchev–Trinajstić information content (AvgIpc) is 2.74. The van der Waals surface area contributed by atoms with Gasteiger partial charge in [0.25, 0.3) is 0 Å². The SMILES string of the molecule is COc1cccc(CN2CCc3cc(Oc4ccc(C(N)=O)cn4)ccc3C2)c1. The summed E-state index contributed by atoms with van der Waals surface area (Å²) in [5, 5.41) is 0. The van der Waals surface area contributed by atoms with E-state index in [-0.39, 0.29) is 0 Å². The summed E-state index contributed by atoms with van der Waals surface area (Å²) in [6, 6.07) is 17.6. The topological polar surface area (TPSA) is 77.7 Å². The van der Waals surface area contributed by atoms with Gasteiger partial charge >= 0.3 is 0 Å². The van der Waals surface area contributed by atoms with Crippen molar-refractivity contribution in [3.8, 4) is 17.4 Å². The van der Waals surface area contributed by atoms with Gasteiger partial charge in [-0.1, -0.05) is 18.2 Å². The number of hydrogen-bond acceptors (Lipinski definition) is 5. The number of carbonyl (C=O) groups excluding carboxylic acids is 1. The number of hydrogen-bond donors (Lipinski definition) is 1. The van der Waals surface area contributed by atoms with Crippen molar-refractivity contribution < 1.29 is 14.3 Å². The number of amides is 1. The monoisotopic (exact) mass is 389 g/mol. The summed E-state index contributed by atoms with van der Waals surface area (Å²) in [5.41, 5.74) is 9.44. The summed E-state index contributed by atoms with van der Waals surface area (Å²) in [4.78, 5) is 17.7. The second kappa shape index (κ2) is 8.32. The van der Waals surface area contributed by atoms with Crippen LogP contribution in [0.5, 0.6) is 17.4 Å². The van der Waals surface area contributed by atoms with E-state index in [2.05, 4.69) is 34.1 Å². The molecule has 4 rings (SSSR count). The molecule has 0 saturated heterocycles. The van der Waals surface area contributed by atoms with E-state index in [1.807, 2.05) is 18.2 Å². The van der Waals surface area contributed by atoms with Crippen LogP contribution >= 0.6 is 0 Å². The van der Waals surface area contributed by atoms with E-state index in [9.17, 15) is 4.79 Å². The molecule has 6 nitrogen and oxygen atoms in total. The Morgan fingerprint density at radius 2 is 2.00 bits per heavy atom. The highest BCUT2D eigenvalue weighted by molar-refractivity contribution is 5.92. The van der Waals surface area contributed by atoms with Gasteiger partial charge in [-0.25, -0.2) is 4.98 Å². The molecule has 0 unspecified atom stereocenters. The Labute approximate surface area is 169 Å². The highest BCUT2D eigenvalue weighted by Gasteiger charge is 2.17. The third kappa shape index (κ3) is 4.55. The number of fused-ring (bicyclic) bond motifs is 1. The molecule has 6 heteroatoms. The number of methoxy groups -OCH3 is 1. The van der Waals surface area contributed by atoms with E-state index < -0.39 is 5.91 Å². The number of nitrogens with zero attached hydrogens (tertiary/aromatic N) is 2. The summed E-state index contributed by atoms with van der Waals surface area (Å²) in [6.45, 7) is 2.78. The second-order valence-corrected chi connectivity index (χ2v) is 7.09. The Kier molecular flexibility index (Phi) is 5.44. The lowest BCUT2D eigenvalue weighted by molar-refractivity contribution is 0.1000. The first kappa shape index (κ1) is 19.0. The minimum absolute atomic E-state index is 0.360. The van der Waals surface area contributed by atoms with Gasteiger partial charge in [0.15, 0.2) is 0 Å². The van der Waals surface area contributed by atoms with E-state index in [0.717, 1.165) is 37.6 Å². The van der Waals surface area contributed by atoms with Crippen molar-refractivity contribution in [2.24, 2.45) is 5.73 Å². The lowest BCUT2D eigenvalue weighted by atomic mass is 9.99. The molecule has 2 heterocycles. The van der Waals surface area contributed by atoms with Crippen molar-refractivity contribution in [2.45, 2.75) is 19.5 Å². The van der Waals surface area contributed by atoms with Crippen LogP contribution in [0.1, 0.15) is 27.0 Å². The molecule has 1 amide bonds. The Bertz CT molecular complexity index is 1020. The number of carbonyl (C=O) groups is 1. The number of benzene rings is 2. The third-order valence-electron chi connectivity index (χ3n) is 5.05. The maximum absolute atomic E-state index is 11.1. The number of ether oxygens (including phenoxy) is 2. The zero-order valence-corrected chi connectivity index (χ0v) is 16.3. The Morgan fingerprint density at radius 1 is 1.10 bits per heavy atom. The standard InChI is InChI=1S/C23H23N3O3/c1-28-20-4-2-3-16(11-20)14-26-10-9-17-12-21(7-5-19(17)15-26)29-22-8-6-18(13-25-22)23(24)27/h2-8,11-13H,9-10,14-15H2,1H3,(H2,24,27). The molecule has 1 aliphatic heterocycles. The lowest BCUT2D eigenvalue weighted by Crippen LogP contribution is -2.30. The maximum Gasteiger partial charge on any atom is 0.250 e. The van der Waals surface area contributed by atoms with Crippen LogP contribution in [0.4, 0.5) is 0 Å². The largest absolute Gasteiger partial charge is 0.497 e. The van der Waals surface area contributed by atoms with Crippen molar-refractivity contribution in [1.29, 1.82) is 0 Å². The second-order valence-electron chi connectivity index (χ2n) is 7.09. The molecule has 3 aromatic rings. The number of aromatic nitrogens is 1. The van der Waals surface area contributed by atoms with Crippen LogP contribution in [0.2, 0.25) is 0 Å². The number of primary amides is 1. The summed E-state index contributed by atoms with van der Waals surface area (Å²) >= 11 is 0. The molecule has 0 atom stereocenters. The quantitative estimate of drug-likeness (QED) is 0.698. The van der Waals surface area contributed by atoms with Gasteiger partial charge < -0.3 is 15.2 Å². The van der Waals surface area contributed by atoms with Gasteiger partial charge in [0.2, 0.25) is 11.8 Å². The van der Waals surface area contributed by atoms with Gasteiger partial charge in [-0.05, 0) is 53.4 Å². The Hall–Kier alpha value is -3.38. The highest BCUT2D eigenvalue weighted by Crippen LogP contribution is 2.27. The van der Waals surface area contributed by atoms with Crippen LogP contribution in [0.3, 0.4) is 0 Å². The smallest absolute Gasteiger partial charge is 0.250 e. The van der Waals surface area contributed by atoms with Gasteiger partial charge in [0.1, 0.15) is 11.5 Å². The van der Waals surface area contributed by atoms with Crippen LogP contribution in [0.25, 0.3) is 0 Å². The van der Waals surface area contributed by atoms with Crippen molar-refractivity contribution in [2.75, 3.05) is 13.7 Å². The summed E-state index contributed by atoms with van der Waals surface area (Å²) in [6.07, 6.45) is 2.39. The predicted octanol–water partition coefficient (Wildman–Crippen LogP) is 3.54. The van der Waals surface area contributed by atoms with Crippen LogP contribution in [0.15, 0.2) is 60.8 Å². The van der Waals surface area contributed by atoms with Gasteiger partial charge in [0, 0.05) is 31.9 Å². The number of rotatable bonds is 6. The first-order valence-electron chi connectivity index (χ1n) is 9.51. The zero-order valence-electron chi connectivity index (χ0n) is 16.3. The van der Waals surface area contributed by atoms with Crippen LogP contribution in [-0.4, -0.2) is 29.4 Å². The minimum Gasteiger partial charge on any atom is -0.497 e. The fourth-order valence-electron chi connectivity index (χ4n) is 3.52. The highest BCUT2D eigenvalue weighted by atomic mass is 16.5. The first-order chi connectivity index (χ1) is 14.1. The molecule has 1 aromatic heterocycles. The van der Waals surface area contributed by atoms with E-state index in [0.29, 0.717) is 11.4 Å². The van der Waals surface area contributed by atoms with Crippen molar-refractivity contribution in [1.82, 2.24) is 9.88 Å². The van der Waals surface area contributed by atoms with E-state index in [1.165, 1.54) is 22.9 Å². The van der Waals surface area contributed by atoms with E-state index in [4.69, 9.17) is 15.2 Å². The third-order valence-corrected chi connectivity index (χ3v) is 5.05. The average molecular weight is 389 g/mol. The lowest BCUT2D eigenvalue weighted by Gasteiger charge is -2.29. The zero-order chi connectivity index (χ0) is 20.2. The summed E-state index contributed by atoms with van der Waals surface area (Å²) < 4.78 is 11.2. The minimum atomic E-state index is -0.503. The van der Waals surface area contributed by atoms with Crippen molar-refractivity contribution >= 4 is 5.91 Å².